The van der Waals surface area contributed by atoms with Crippen molar-refractivity contribution in [3.63, 3.8) is 0 Å². The zero-order valence-corrected chi connectivity index (χ0v) is 8.20. The van der Waals surface area contributed by atoms with Gasteiger partial charge in [0, 0.05) is 5.56 Å². The van der Waals surface area contributed by atoms with Crippen molar-refractivity contribution in [1.29, 1.82) is 0 Å². The molecule has 0 unspecified atom stereocenters. The highest BCUT2D eigenvalue weighted by atomic mass is 19.4. The van der Waals surface area contributed by atoms with Crippen LogP contribution in [0.25, 0.3) is 0 Å². The van der Waals surface area contributed by atoms with Crippen molar-refractivity contribution in [2.75, 3.05) is 0 Å². The number of alkyl halides is 3. The number of benzene rings is 1. The van der Waals surface area contributed by atoms with Crippen LogP contribution in [-0.4, -0.2) is 12.9 Å². The van der Waals surface area contributed by atoms with E-state index in [4.69, 9.17) is 0 Å². The lowest BCUT2D eigenvalue weighted by molar-refractivity contribution is -0.166. The van der Waals surface area contributed by atoms with E-state index in [1.54, 1.807) is 12.1 Å². The summed E-state index contributed by atoms with van der Waals surface area (Å²) in [5, 5.41) is 6.23. The molecule has 1 aromatic carbocycles. The van der Waals surface area contributed by atoms with E-state index in [2.05, 4.69) is 21.9 Å². The molecule has 6 heteroatoms. The Labute approximate surface area is 89.7 Å². The van der Waals surface area contributed by atoms with Crippen LogP contribution in [0.15, 0.2) is 39.5 Å². The summed E-state index contributed by atoms with van der Waals surface area (Å²) in [6, 6.07) is 5.88. The summed E-state index contributed by atoms with van der Waals surface area (Å²) in [6.07, 6.45) is -4.47. The van der Waals surface area contributed by atoms with Crippen LogP contribution in [0.3, 0.4) is 0 Å². The first-order valence-electron chi connectivity index (χ1n) is 4.52. The highest BCUT2D eigenvalue weighted by Crippen LogP contribution is 2.52. The molecule has 0 amide bonds. The van der Waals surface area contributed by atoms with Crippen LogP contribution in [0.2, 0.25) is 0 Å². The van der Waals surface area contributed by atoms with Crippen LogP contribution in [0.5, 0.6) is 0 Å². The molecule has 1 aromatic rings. The predicted molar refractivity (Wildman–Crippen MR) is 52.3 cm³/mol. The standard InChI is InChI=1S/C10H8F3N3/c1-14-6-7-2-4-8(5-3-7)9(15-16-9)10(11,12)13/h2-5H,1,6H2. The van der Waals surface area contributed by atoms with Gasteiger partial charge in [-0.1, -0.05) is 24.3 Å². The van der Waals surface area contributed by atoms with Gasteiger partial charge in [0.1, 0.15) is 0 Å². The van der Waals surface area contributed by atoms with Gasteiger partial charge in [0.25, 0.3) is 0 Å². The molecule has 0 N–H and O–H groups in total. The maximum absolute atomic E-state index is 12.6. The lowest BCUT2D eigenvalue weighted by Crippen LogP contribution is -2.30. The van der Waals surface area contributed by atoms with Crippen molar-refractivity contribution >= 4 is 6.72 Å². The Kier molecular flexibility index (Phi) is 2.29. The fourth-order valence-electron chi connectivity index (χ4n) is 1.41. The minimum absolute atomic E-state index is 0.0350. The largest absolute Gasteiger partial charge is 0.442 e. The van der Waals surface area contributed by atoms with Crippen molar-refractivity contribution in [2.24, 2.45) is 15.2 Å². The molecular formula is C10H8F3N3. The van der Waals surface area contributed by atoms with Crippen LogP contribution >= 0.6 is 0 Å². The second kappa shape index (κ2) is 3.40. The normalized spacial score (nSPS) is 17.2. The monoisotopic (exact) mass is 227 g/mol. The van der Waals surface area contributed by atoms with Crippen molar-refractivity contribution in [3.8, 4) is 0 Å². The van der Waals surface area contributed by atoms with Crippen LogP contribution in [0, 0.1) is 0 Å². The summed E-state index contributed by atoms with van der Waals surface area (Å²) in [7, 11) is 0. The van der Waals surface area contributed by atoms with Gasteiger partial charge >= 0.3 is 11.8 Å². The Morgan fingerprint density at radius 2 is 1.75 bits per heavy atom. The summed E-state index contributed by atoms with van der Waals surface area (Å²) >= 11 is 0. The molecule has 0 bridgehead atoms. The molecule has 84 valence electrons. The second-order valence-corrected chi connectivity index (χ2v) is 3.45. The van der Waals surface area contributed by atoms with E-state index < -0.39 is 11.8 Å². The molecule has 16 heavy (non-hydrogen) atoms. The molecular weight excluding hydrogens is 219 g/mol. The minimum atomic E-state index is -4.47. The van der Waals surface area contributed by atoms with E-state index >= 15 is 0 Å². The van der Waals surface area contributed by atoms with E-state index in [0.717, 1.165) is 5.56 Å². The summed E-state index contributed by atoms with van der Waals surface area (Å²) in [5.41, 5.74) is -1.49. The fraction of sp³-hybridized carbons (Fsp3) is 0.300. The molecule has 0 aromatic heterocycles. The van der Waals surface area contributed by atoms with Gasteiger partial charge in [0.15, 0.2) is 0 Å². The Morgan fingerprint density at radius 3 is 2.12 bits per heavy atom. The van der Waals surface area contributed by atoms with Crippen molar-refractivity contribution in [2.45, 2.75) is 18.4 Å². The zero-order valence-electron chi connectivity index (χ0n) is 8.20. The lowest BCUT2D eigenvalue weighted by Gasteiger charge is -2.14. The quantitative estimate of drug-likeness (QED) is 0.711. The number of aliphatic imine (C=N–C) groups is 1. The maximum atomic E-state index is 12.6. The lowest BCUT2D eigenvalue weighted by atomic mass is 10.0. The number of hydrogen-bond acceptors (Lipinski definition) is 3. The third-order valence-electron chi connectivity index (χ3n) is 2.35. The highest BCUT2D eigenvalue weighted by molar-refractivity contribution is 5.33. The van der Waals surface area contributed by atoms with Crippen LogP contribution in [-0.2, 0) is 12.2 Å². The first-order chi connectivity index (χ1) is 7.49. The van der Waals surface area contributed by atoms with E-state index in [0.29, 0.717) is 6.54 Å². The SMILES string of the molecule is C=NCc1ccc(C2(C(F)(F)F)N=N2)cc1. The van der Waals surface area contributed by atoms with Crippen LogP contribution in [0.4, 0.5) is 13.2 Å². The molecule has 0 saturated carbocycles. The number of hydrogen-bond donors (Lipinski definition) is 0. The molecule has 1 heterocycles. The average Bonchev–Trinajstić information content (AvgIpc) is 2.99. The van der Waals surface area contributed by atoms with Gasteiger partial charge in [0.05, 0.1) is 6.54 Å². The van der Waals surface area contributed by atoms with Crippen molar-refractivity contribution in [1.82, 2.24) is 0 Å². The summed E-state index contributed by atoms with van der Waals surface area (Å²) in [6.45, 7) is 3.69. The zero-order chi connectivity index (χ0) is 11.8. The third-order valence-corrected chi connectivity index (χ3v) is 2.35. The van der Waals surface area contributed by atoms with E-state index in [9.17, 15) is 13.2 Å². The first kappa shape index (κ1) is 10.8. The molecule has 1 aliphatic rings. The number of rotatable bonds is 3. The van der Waals surface area contributed by atoms with Gasteiger partial charge < -0.3 is 0 Å². The van der Waals surface area contributed by atoms with Crippen molar-refractivity contribution in [3.05, 3.63) is 35.4 Å². The van der Waals surface area contributed by atoms with Gasteiger partial charge in [0.2, 0.25) is 0 Å². The van der Waals surface area contributed by atoms with Gasteiger partial charge in [-0.05, 0) is 12.3 Å². The summed E-state index contributed by atoms with van der Waals surface area (Å²) < 4.78 is 37.8. The van der Waals surface area contributed by atoms with Crippen molar-refractivity contribution < 1.29 is 13.2 Å². The van der Waals surface area contributed by atoms with Crippen LogP contribution in [0.1, 0.15) is 11.1 Å². The van der Waals surface area contributed by atoms with Gasteiger partial charge in [-0.2, -0.15) is 13.2 Å². The smallest absolute Gasteiger partial charge is 0.296 e. The Morgan fingerprint density at radius 1 is 1.19 bits per heavy atom. The fourth-order valence-corrected chi connectivity index (χ4v) is 1.41. The number of nitrogens with zero attached hydrogens (tertiary/aromatic N) is 3. The Balaban J connectivity index is 2.26. The topological polar surface area (TPSA) is 37.1 Å². The maximum Gasteiger partial charge on any atom is 0.442 e. The molecule has 3 nitrogen and oxygen atoms in total. The second-order valence-electron chi connectivity index (χ2n) is 3.45. The van der Waals surface area contributed by atoms with Gasteiger partial charge in [-0.25, -0.2) is 0 Å². The molecule has 1 aliphatic heterocycles. The predicted octanol–water partition coefficient (Wildman–Crippen LogP) is 3.07. The minimum Gasteiger partial charge on any atom is -0.296 e. The molecule has 0 atom stereocenters. The molecule has 2 rings (SSSR count). The molecule has 0 aliphatic carbocycles. The van der Waals surface area contributed by atoms with E-state index in [-0.39, 0.29) is 5.56 Å². The van der Waals surface area contributed by atoms with E-state index in [1.807, 2.05) is 0 Å². The summed E-state index contributed by atoms with van der Waals surface area (Å²) in [5.74, 6) is 0. The molecule has 0 saturated heterocycles. The van der Waals surface area contributed by atoms with Gasteiger partial charge in [-0.15, -0.1) is 10.2 Å². The molecule has 0 spiro atoms. The van der Waals surface area contributed by atoms with E-state index in [1.165, 1.54) is 12.1 Å². The first-order valence-corrected chi connectivity index (χ1v) is 4.52. The Hall–Kier alpha value is -1.72. The highest BCUT2D eigenvalue weighted by Gasteiger charge is 2.65. The summed E-state index contributed by atoms with van der Waals surface area (Å²) in [4.78, 5) is 3.64. The van der Waals surface area contributed by atoms with Gasteiger partial charge in [-0.3, -0.25) is 4.99 Å². The van der Waals surface area contributed by atoms with Crippen LogP contribution < -0.4 is 0 Å². The third kappa shape index (κ3) is 1.60. The molecule has 0 fully saturated rings. The Bertz CT molecular complexity index is 428. The molecule has 0 radical (unpaired) electrons. The average molecular weight is 227 g/mol. The number of halogens is 3.